The molecular weight excluding hydrogens is 342 g/mol. The number of benzene rings is 2. The highest BCUT2D eigenvalue weighted by Gasteiger charge is 2.24. The average Bonchev–Trinajstić information content (AvgIpc) is 3.03. The number of ether oxygens (including phenoxy) is 1. The summed E-state index contributed by atoms with van der Waals surface area (Å²) in [6.45, 7) is 5.85. The van der Waals surface area contributed by atoms with Gasteiger partial charge in [-0.25, -0.2) is 4.79 Å². The quantitative estimate of drug-likeness (QED) is 0.665. The van der Waals surface area contributed by atoms with Crippen molar-refractivity contribution < 1.29 is 18.7 Å². The smallest absolute Gasteiger partial charge is 0.375 e. The van der Waals surface area contributed by atoms with Gasteiger partial charge in [0, 0.05) is 17.5 Å². The van der Waals surface area contributed by atoms with Crippen LogP contribution in [0.25, 0.3) is 11.0 Å². The molecule has 27 heavy (non-hydrogen) atoms. The van der Waals surface area contributed by atoms with E-state index in [0.29, 0.717) is 17.7 Å². The van der Waals surface area contributed by atoms with Gasteiger partial charge in [-0.05, 0) is 31.4 Å². The van der Waals surface area contributed by atoms with Crippen molar-refractivity contribution in [1.82, 2.24) is 5.32 Å². The zero-order valence-electron chi connectivity index (χ0n) is 15.7. The minimum Gasteiger partial charge on any atom is -0.449 e. The van der Waals surface area contributed by atoms with Gasteiger partial charge in [-0.2, -0.15) is 0 Å². The molecule has 5 heteroatoms. The van der Waals surface area contributed by atoms with Crippen LogP contribution in [-0.2, 0) is 9.53 Å². The molecule has 0 spiro atoms. The first-order chi connectivity index (χ1) is 13.0. The molecule has 2 aromatic carbocycles. The van der Waals surface area contributed by atoms with Crippen LogP contribution in [0.2, 0.25) is 0 Å². The van der Waals surface area contributed by atoms with E-state index >= 15 is 0 Å². The minimum absolute atomic E-state index is 0.133. The van der Waals surface area contributed by atoms with E-state index in [1.165, 1.54) is 0 Å². The molecule has 0 unspecified atom stereocenters. The zero-order valence-corrected chi connectivity index (χ0v) is 15.7. The van der Waals surface area contributed by atoms with Crippen molar-refractivity contribution >= 4 is 22.8 Å². The number of fused-ring (bicyclic) bond motifs is 1. The van der Waals surface area contributed by atoms with E-state index in [2.05, 4.69) is 5.32 Å². The molecule has 0 aliphatic carbocycles. The predicted octanol–water partition coefficient (Wildman–Crippen LogP) is 4.21. The first kappa shape index (κ1) is 18.7. The van der Waals surface area contributed by atoms with Crippen LogP contribution in [-0.4, -0.2) is 24.5 Å². The summed E-state index contributed by atoms with van der Waals surface area (Å²) in [6.07, 6.45) is -0.909. The summed E-state index contributed by atoms with van der Waals surface area (Å²) < 4.78 is 10.9. The Labute approximate surface area is 158 Å². The normalized spacial score (nSPS) is 13.1. The van der Waals surface area contributed by atoms with Gasteiger partial charge < -0.3 is 14.5 Å². The number of furan rings is 1. The van der Waals surface area contributed by atoms with Crippen molar-refractivity contribution in [2.45, 2.75) is 32.8 Å². The van der Waals surface area contributed by atoms with E-state index in [0.717, 1.165) is 10.9 Å². The van der Waals surface area contributed by atoms with Crippen LogP contribution in [0.3, 0.4) is 0 Å². The molecule has 0 saturated heterocycles. The Balaban J connectivity index is 1.58. The Morgan fingerprint density at radius 2 is 1.70 bits per heavy atom. The molecular formula is C22H23NO4. The summed E-state index contributed by atoms with van der Waals surface area (Å²) in [5.74, 6) is -0.675. The van der Waals surface area contributed by atoms with Crippen LogP contribution < -0.4 is 5.32 Å². The lowest BCUT2D eigenvalue weighted by Gasteiger charge is -2.16. The summed E-state index contributed by atoms with van der Waals surface area (Å²) >= 11 is 0. The van der Waals surface area contributed by atoms with E-state index < -0.39 is 12.1 Å². The second-order valence-electron chi connectivity index (χ2n) is 6.66. The fourth-order valence-electron chi connectivity index (χ4n) is 2.93. The molecule has 0 aliphatic heterocycles. The number of amides is 1. The highest BCUT2D eigenvalue weighted by atomic mass is 16.6. The van der Waals surface area contributed by atoms with Gasteiger partial charge in [-0.1, -0.05) is 55.5 Å². The van der Waals surface area contributed by atoms with Crippen LogP contribution >= 0.6 is 0 Å². The number of esters is 1. The maximum atomic E-state index is 12.4. The Morgan fingerprint density at radius 1 is 1.04 bits per heavy atom. The van der Waals surface area contributed by atoms with Gasteiger partial charge in [0.15, 0.2) is 6.10 Å². The number of rotatable bonds is 6. The largest absolute Gasteiger partial charge is 0.449 e. The van der Waals surface area contributed by atoms with E-state index in [4.69, 9.17) is 9.15 Å². The molecule has 5 nitrogen and oxygen atoms in total. The molecule has 3 rings (SSSR count). The fraction of sp³-hybridized carbons (Fsp3) is 0.273. The monoisotopic (exact) mass is 365 g/mol. The molecule has 0 radical (unpaired) electrons. The summed E-state index contributed by atoms with van der Waals surface area (Å²) in [5, 5.41) is 3.69. The average molecular weight is 365 g/mol. The van der Waals surface area contributed by atoms with Gasteiger partial charge in [-0.15, -0.1) is 0 Å². The van der Waals surface area contributed by atoms with Crippen molar-refractivity contribution in [3.63, 3.8) is 0 Å². The van der Waals surface area contributed by atoms with E-state index in [1.54, 1.807) is 19.9 Å². The van der Waals surface area contributed by atoms with E-state index in [9.17, 15) is 9.59 Å². The van der Waals surface area contributed by atoms with E-state index in [1.807, 2.05) is 55.5 Å². The first-order valence-corrected chi connectivity index (χ1v) is 8.99. The highest BCUT2D eigenvalue weighted by molar-refractivity contribution is 5.97. The predicted molar refractivity (Wildman–Crippen MR) is 104 cm³/mol. The molecule has 140 valence electrons. The van der Waals surface area contributed by atoms with Gasteiger partial charge >= 0.3 is 5.97 Å². The Bertz CT molecular complexity index is 945. The van der Waals surface area contributed by atoms with Gasteiger partial charge in [0.2, 0.25) is 5.76 Å². The SMILES string of the molecule is Cc1c(C(=O)O[C@H](C)C(=O)NC[C@H](C)c2ccccc2)oc2ccccc12. The summed E-state index contributed by atoms with van der Waals surface area (Å²) in [4.78, 5) is 24.7. The lowest BCUT2D eigenvalue weighted by atomic mass is 10.0. The van der Waals surface area contributed by atoms with E-state index in [-0.39, 0.29) is 17.6 Å². The lowest BCUT2D eigenvalue weighted by molar-refractivity contribution is -0.129. The second kappa shape index (κ2) is 8.08. The van der Waals surface area contributed by atoms with Crippen molar-refractivity contribution in [2.75, 3.05) is 6.54 Å². The number of hydrogen-bond acceptors (Lipinski definition) is 4. The van der Waals surface area contributed by atoms with Gasteiger partial charge in [0.1, 0.15) is 5.58 Å². The first-order valence-electron chi connectivity index (χ1n) is 8.99. The van der Waals surface area contributed by atoms with Gasteiger partial charge in [-0.3, -0.25) is 4.79 Å². The Morgan fingerprint density at radius 3 is 2.41 bits per heavy atom. The third kappa shape index (κ3) is 4.19. The standard InChI is InChI=1S/C22H23NO4/c1-14(17-9-5-4-6-10-17)13-23-21(24)16(3)26-22(25)20-15(2)18-11-7-8-12-19(18)27-20/h4-12,14,16H,13H2,1-3H3,(H,23,24)/t14-,16+/m0/s1. The molecule has 1 aromatic heterocycles. The minimum atomic E-state index is -0.909. The van der Waals surface area contributed by atoms with Crippen LogP contribution in [0.15, 0.2) is 59.0 Å². The zero-order chi connectivity index (χ0) is 19.4. The maximum absolute atomic E-state index is 12.4. The molecule has 2 atom stereocenters. The third-order valence-electron chi connectivity index (χ3n) is 4.63. The molecule has 3 aromatic rings. The number of aryl methyl sites for hydroxylation is 1. The van der Waals surface area contributed by atoms with Crippen molar-refractivity contribution in [3.05, 3.63) is 71.5 Å². The van der Waals surface area contributed by atoms with Gasteiger partial charge in [0.25, 0.3) is 5.91 Å². The molecule has 0 bridgehead atoms. The highest BCUT2D eigenvalue weighted by Crippen LogP contribution is 2.25. The van der Waals surface area contributed by atoms with Crippen LogP contribution in [0.1, 0.15) is 41.4 Å². The molecule has 1 N–H and O–H groups in total. The fourth-order valence-corrected chi connectivity index (χ4v) is 2.93. The van der Waals surface area contributed by atoms with Crippen LogP contribution in [0, 0.1) is 6.92 Å². The molecule has 0 aliphatic rings. The second-order valence-corrected chi connectivity index (χ2v) is 6.66. The number of nitrogens with one attached hydrogen (secondary N) is 1. The summed E-state index contributed by atoms with van der Waals surface area (Å²) in [7, 11) is 0. The number of hydrogen-bond donors (Lipinski definition) is 1. The van der Waals surface area contributed by atoms with Gasteiger partial charge in [0.05, 0.1) is 0 Å². The number of carbonyl (C=O) groups is 2. The number of para-hydroxylation sites is 1. The van der Waals surface area contributed by atoms with Crippen molar-refractivity contribution in [1.29, 1.82) is 0 Å². The topological polar surface area (TPSA) is 68.5 Å². The third-order valence-corrected chi connectivity index (χ3v) is 4.63. The lowest BCUT2D eigenvalue weighted by Crippen LogP contribution is -2.37. The van der Waals surface area contributed by atoms with Crippen molar-refractivity contribution in [2.24, 2.45) is 0 Å². The summed E-state index contributed by atoms with van der Waals surface area (Å²) in [6, 6.07) is 17.3. The Hall–Kier alpha value is -3.08. The molecule has 1 heterocycles. The molecule has 0 saturated carbocycles. The molecule has 0 fully saturated rings. The Kier molecular flexibility index (Phi) is 5.60. The number of carbonyl (C=O) groups excluding carboxylic acids is 2. The van der Waals surface area contributed by atoms with Crippen LogP contribution in [0.4, 0.5) is 0 Å². The molecule has 1 amide bonds. The van der Waals surface area contributed by atoms with Crippen LogP contribution in [0.5, 0.6) is 0 Å². The maximum Gasteiger partial charge on any atom is 0.375 e. The summed E-state index contributed by atoms with van der Waals surface area (Å²) in [5.41, 5.74) is 2.47. The van der Waals surface area contributed by atoms with Crippen molar-refractivity contribution in [3.8, 4) is 0 Å².